The molecule has 1 rings (SSSR count). The van der Waals surface area contributed by atoms with E-state index >= 15 is 0 Å². The van der Waals surface area contributed by atoms with Crippen LogP contribution in [0.25, 0.3) is 0 Å². The Hall–Kier alpha value is -1.09. The maximum Gasteiger partial charge on any atom is 0.310 e. The van der Waals surface area contributed by atoms with E-state index in [0.29, 0.717) is 0 Å². The molecule has 1 aromatic rings. The topological polar surface area (TPSA) is 26.3 Å². The lowest BCUT2D eigenvalue weighted by molar-refractivity contribution is -0.140. The smallest absolute Gasteiger partial charge is 0.310 e. The largest absolute Gasteiger partial charge is 0.469 e. The lowest BCUT2D eigenvalue weighted by Gasteiger charge is -2.35. The quantitative estimate of drug-likeness (QED) is 0.573. The number of rotatable bonds is 6. The summed E-state index contributed by atoms with van der Waals surface area (Å²) in [7, 11) is -0.148. The third kappa shape index (κ3) is 2.83. The van der Waals surface area contributed by atoms with Gasteiger partial charge in [-0.25, -0.2) is 0 Å². The first-order valence-electron chi connectivity index (χ1n) is 6.78. The second-order valence-corrected chi connectivity index (χ2v) is 10.2. The summed E-state index contributed by atoms with van der Waals surface area (Å²) >= 11 is 0. The lowest BCUT2D eigenvalue weighted by Crippen LogP contribution is -2.44. The van der Waals surface area contributed by atoms with Gasteiger partial charge in [0.15, 0.2) is 0 Å². The fourth-order valence-corrected chi connectivity index (χ4v) is 7.11. The highest BCUT2D eigenvalue weighted by atomic mass is 28.3. The van der Waals surface area contributed by atoms with Crippen LogP contribution in [0.5, 0.6) is 0 Å². The van der Waals surface area contributed by atoms with Crippen LogP contribution in [-0.4, -0.2) is 21.2 Å². The second-order valence-electron chi connectivity index (χ2n) is 4.79. The summed E-state index contributed by atoms with van der Waals surface area (Å²) in [6.07, 6.45) is 0. The average molecular weight is 264 g/mol. The summed E-state index contributed by atoms with van der Waals surface area (Å²) in [4.78, 5) is 12.2. The third-order valence-electron chi connectivity index (χ3n) is 4.29. The molecular weight excluding hydrogens is 240 g/mol. The molecule has 0 saturated carbocycles. The molecule has 100 valence electrons. The van der Waals surface area contributed by atoms with E-state index in [9.17, 15) is 4.79 Å². The first-order valence-corrected chi connectivity index (χ1v) is 9.47. The number of carbonyl (C=O) groups is 1. The van der Waals surface area contributed by atoms with Crippen molar-refractivity contribution in [2.24, 2.45) is 0 Å². The third-order valence-corrected chi connectivity index (χ3v) is 10.3. The zero-order valence-electron chi connectivity index (χ0n) is 11.9. The van der Waals surface area contributed by atoms with E-state index in [1.807, 2.05) is 18.2 Å². The van der Waals surface area contributed by atoms with E-state index in [1.165, 1.54) is 7.11 Å². The Morgan fingerprint density at radius 1 is 1.11 bits per heavy atom. The van der Waals surface area contributed by atoms with Crippen LogP contribution in [0.4, 0.5) is 0 Å². The summed E-state index contributed by atoms with van der Waals surface area (Å²) in [5.41, 5.74) is 1.10. The number of carbonyl (C=O) groups excluding carboxylic acids is 1. The molecule has 0 fully saturated rings. The number of esters is 1. The molecule has 0 heterocycles. The SMILES string of the molecule is CC[Si](CC)(CC)[C@H](C(=O)OC)c1ccccc1. The predicted octanol–water partition coefficient (Wildman–Crippen LogP) is 3.99. The Morgan fingerprint density at radius 3 is 2.00 bits per heavy atom. The van der Waals surface area contributed by atoms with Gasteiger partial charge in [-0.05, 0) is 5.56 Å². The van der Waals surface area contributed by atoms with Crippen LogP contribution in [0.15, 0.2) is 30.3 Å². The normalized spacial score (nSPS) is 13.1. The molecule has 0 amide bonds. The fourth-order valence-electron chi connectivity index (χ4n) is 2.87. The van der Waals surface area contributed by atoms with Gasteiger partial charge in [-0.15, -0.1) is 0 Å². The molecule has 0 aromatic heterocycles. The van der Waals surface area contributed by atoms with Crippen molar-refractivity contribution in [2.45, 2.75) is 44.4 Å². The number of hydrogen-bond acceptors (Lipinski definition) is 2. The van der Waals surface area contributed by atoms with Gasteiger partial charge in [-0.3, -0.25) is 4.79 Å². The van der Waals surface area contributed by atoms with Gasteiger partial charge < -0.3 is 4.74 Å². The molecule has 0 bridgehead atoms. The summed E-state index contributed by atoms with van der Waals surface area (Å²) < 4.78 is 5.07. The Labute approximate surface area is 111 Å². The molecule has 1 aromatic carbocycles. The molecule has 0 aliphatic heterocycles. The lowest BCUT2D eigenvalue weighted by atomic mass is 10.1. The van der Waals surface area contributed by atoms with Crippen LogP contribution in [0.3, 0.4) is 0 Å². The maximum atomic E-state index is 12.2. The van der Waals surface area contributed by atoms with Crippen LogP contribution >= 0.6 is 0 Å². The van der Waals surface area contributed by atoms with Gasteiger partial charge in [0.1, 0.15) is 0 Å². The Kier molecular flexibility index (Phi) is 5.60. The summed E-state index contributed by atoms with van der Waals surface area (Å²) in [5.74, 6) is -0.0570. The van der Waals surface area contributed by atoms with Crippen LogP contribution in [0.2, 0.25) is 18.1 Å². The van der Waals surface area contributed by atoms with E-state index in [4.69, 9.17) is 4.74 Å². The van der Waals surface area contributed by atoms with Crippen molar-refractivity contribution in [3.05, 3.63) is 35.9 Å². The minimum absolute atomic E-state index is 0.0244. The van der Waals surface area contributed by atoms with E-state index in [1.54, 1.807) is 0 Å². The molecule has 3 heteroatoms. The minimum atomic E-state index is -1.65. The van der Waals surface area contributed by atoms with Crippen LogP contribution in [0, 0.1) is 0 Å². The van der Waals surface area contributed by atoms with Gasteiger partial charge in [0.2, 0.25) is 0 Å². The van der Waals surface area contributed by atoms with Crippen molar-refractivity contribution in [1.29, 1.82) is 0 Å². The molecule has 0 spiro atoms. The average Bonchev–Trinajstić information content (AvgIpc) is 2.45. The molecular formula is C15H24O2Si. The Morgan fingerprint density at radius 2 is 1.61 bits per heavy atom. The Bertz CT molecular complexity index is 363. The Balaban J connectivity index is 3.25. The molecule has 0 unspecified atom stereocenters. The van der Waals surface area contributed by atoms with Crippen molar-refractivity contribution in [2.75, 3.05) is 7.11 Å². The van der Waals surface area contributed by atoms with Crippen LogP contribution in [0.1, 0.15) is 31.9 Å². The van der Waals surface area contributed by atoms with Gasteiger partial charge in [0, 0.05) is 0 Å². The van der Waals surface area contributed by atoms with Gasteiger partial charge in [0.05, 0.1) is 20.7 Å². The highest BCUT2D eigenvalue weighted by molar-refractivity contribution is 6.83. The first kappa shape index (κ1) is 15.0. The summed E-state index contributed by atoms with van der Waals surface area (Å²) in [5, 5.41) is 0. The monoisotopic (exact) mass is 264 g/mol. The maximum absolute atomic E-state index is 12.2. The number of benzene rings is 1. The molecule has 2 nitrogen and oxygen atoms in total. The molecule has 0 aliphatic carbocycles. The summed E-state index contributed by atoms with van der Waals surface area (Å²) in [6, 6.07) is 13.5. The van der Waals surface area contributed by atoms with Gasteiger partial charge >= 0.3 is 5.97 Å². The molecule has 18 heavy (non-hydrogen) atoms. The van der Waals surface area contributed by atoms with Crippen molar-refractivity contribution < 1.29 is 9.53 Å². The number of methoxy groups -OCH3 is 1. The van der Waals surface area contributed by atoms with Gasteiger partial charge in [0.25, 0.3) is 0 Å². The van der Waals surface area contributed by atoms with Gasteiger partial charge in [-0.1, -0.05) is 69.2 Å². The zero-order chi connectivity index (χ0) is 13.6. The van der Waals surface area contributed by atoms with Crippen molar-refractivity contribution in [3.8, 4) is 0 Å². The first-order chi connectivity index (χ1) is 8.65. The van der Waals surface area contributed by atoms with E-state index in [2.05, 4.69) is 32.9 Å². The minimum Gasteiger partial charge on any atom is -0.469 e. The standard InChI is InChI=1S/C15H24O2Si/c1-5-18(6-2,7-3)14(15(16)17-4)13-11-9-8-10-12-13/h8-12,14H,5-7H2,1-4H3/t14-/m0/s1. The molecule has 1 atom stereocenters. The number of ether oxygens (including phenoxy) is 1. The van der Waals surface area contributed by atoms with Crippen LogP contribution < -0.4 is 0 Å². The van der Waals surface area contributed by atoms with E-state index in [0.717, 1.165) is 23.7 Å². The number of hydrogen-bond donors (Lipinski definition) is 0. The highest BCUT2D eigenvalue weighted by Gasteiger charge is 2.42. The van der Waals surface area contributed by atoms with Crippen molar-refractivity contribution in [1.82, 2.24) is 0 Å². The predicted molar refractivity (Wildman–Crippen MR) is 78.4 cm³/mol. The van der Waals surface area contributed by atoms with E-state index < -0.39 is 8.07 Å². The van der Waals surface area contributed by atoms with Crippen molar-refractivity contribution in [3.63, 3.8) is 0 Å². The molecule has 0 saturated heterocycles. The molecule has 0 radical (unpaired) electrons. The highest BCUT2D eigenvalue weighted by Crippen LogP contribution is 2.36. The second kappa shape index (κ2) is 6.74. The van der Waals surface area contributed by atoms with Crippen LogP contribution in [-0.2, 0) is 9.53 Å². The van der Waals surface area contributed by atoms with E-state index in [-0.39, 0.29) is 11.5 Å². The van der Waals surface area contributed by atoms with Gasteiger partial charge in [-0.2, -0.15) is 0 Å². The van der Waals surface area contributed by atoms with Crippen molar-refractivity contribution >= 4 is 14.0 Å². The zero-order valence-corrected chi connectivity index (χ0v) is 12.9. The summed E-state index contributed by atoms with van der Waals surface area (Å²) in [6.45, 7) is 6.66. The molecule has 0 N–H and O–H groups in total. The fraction of sp³-hybridized carbons (Fsp3) is 0.533. The molecule has 0 aliphatic rings.